The fourth-order valence-corrected chi connectivity index (χ4v) is 0. The second-order valence-corrected chi connectivity index (χ2v) is 0. The molecule has 0 saturated carbocycles. The first-order chi connectivity index (χ1) is 0. The molecule has 0 aliphatic rings. The van der Waals surface area contributed by atoms with E-state index >= 15 is 0 Å². The van der Waals surface area contributed by atoms with Crippen molar-refractivity contribution in [2.45, 2.75) is 0 Å². The van der Waals surface area contributed by atoms with E-state index < -0.39 is 0 Å². The van der Waals surface area contributed by atoms with Crippen molar-refractivity contribution < 1.29 is 28.4 Å². The van der Waals surface area contributed by atoms with Crippen molar-refractivity contribution in [3.05, 3.63) is 0 Å². The van der Waals surface area contributed by atoms with Gasteiger partial charge in [-0.3, -0.25) is 14.1 Å². The molecule has 31 valence electrons. The Kier molecular flexibility index (Phi) is 153000. The number of rotatable bonds is 0. The van der Waals surface area contributed by atoms with Crippen LogP contribution in [0.2, 0.25) is 0 Å². The summed E-state index contributed by atoms with van der Waals surface area (Å²) in [5.41, 5.74) is 0. The molecule has 4 heteroatoms. The largest absolute Gasteiger partial charge is 0.269 e. The molecule has 1 radical (unpaired) electrons. The molecule has 0 aromatic heterocycles. The van der Waals surface area contributed by atoms with Gasteiger partial charge in [0.25, 0.3) is 0 Å². The van der Waals surface area contributed by atoms with Crippen LogP contribution in [0.3, 0.4) is 0 Å². The fraction of sp³-hybridized carbons (Fsp3) is 0. The van der Waals surface area contributed by atoms with E-state index in [0.717, 1.165) is 0 Å². The van der Waals surface area contributed by atoms with Crippen molar-refractivity contribution >= 4 is 0 Å². The summed E-state index contributed by atoms with van der Waals surface area (Å²) in [5.74, 6) is 0. The second-order valence-electron chi connectivity index (χ2n) is 0. The number of hydrogen-bond acceptors (Lipinski definition) is 0. The van der Waals surface area contributed by atoms with Crippen LogP contribution in [0.5, 0.6) is 0 Å². The van der Waals surface area contributed by atoms with E-state index in [0.29, 0.717) is 0 Å². The van der Waals surface area contributed by atoms with Crippen LogP contribution in [0.25, 0.3) is 0 Å². The van der Waals surface area contributed by atoms with Gasteiger partial charge < -0.3 is 0 Å². The maximum atomic E-state index is 0. The Morgan fingerprint density at radius 3 is 0.500 bits per heavy atom. The Morgan fingerprint density at radius 1 is 0.500 bits per heavy atom. The van der Waals surface area contributed by atoms with E-state index in [-0.39, 0.29) is 28.4 Å². The predicted octanol–water partition coefficient (Wildman–Crippen LogP) is 0.458. The molecular weight excluding hydrogens is 300 g/mol. The summed E-state index contributed by atoms with van der Waals surface area (Å²) in [4.78, 5) is 0. The van der Waals surface area contributed by atoms with Crippen LogP contribution >= 0.6 is 0 Å². The van der Waals surface area contributed by atoms with Crippen molar-refractivity contribution in [1.29, 1.82) is 0 Å². The van der Waals surface area contributed by atoms with Crippen LogP contribution in [0.4, 0.5) is 14.1 Å². The van der Waals surface area contributed by atoms with Gasteiger partial charge in [-0.2, -0.15) is 0 Å². The fourth-order valence-electron chi connectivity index (χ4n) is 0. The normalized spacial score (nSPS) is 0. The van der Waals surface area contributed by atoms with Gasteiger partial charge in [-0.1, -0.05) is 0 Å². The van der Waals surface area contributed by atoms with Crippen LogP contribution in [0, 0.1) is 14.3 Å². The van der Waals surface area contributed by atoms with Gasteiger partial charge in [0.2, 0.25) is 0 Å². The van der Waals surface area contributed by atoms with Gasteiger partial charge in [0.15, 0.2) is 0 Å². The zero-order valence-corrected chi connectivity index (χ0v) is 4.75. The standard InChI is InChI=1S/Am.3FH/h;3*1H. The molecule has 0 aliphatic carbocycles. The molecule has 0 bridgehead atoms. The van der Waals surface area contributed by atoms with Crippen molar-refractivity contribution in [3.63, 3.8) is 0 Å². The van der Waals surface area contributed by atoms with Crippen molar-refractivity contribution in [1.82, 2.24) is 0 Å². The first kappa shape index (κ1) is 1310. The molecule has 0 heterocycles. The average Bonchev–Trinajstić information content (AvgIpc) is 0. The molecule has 0 fully saturated rings. The Balaban J connectivity index is 0. The zero-order valence-electron chi connectivity index (χ0n) is 1.60. The van der Waals surface area contributed by atoms with Crippen LogP contribution in [0.15, 0.2) is 0 Å². The van der Waals surface area contributed by atoms with Crippen LogP contribution in [0.1, 0.15) is 0 Å². The van der Waals surface area contributed by atoms with E-state index in [1.54, 1.807) is 0 Å². The second kappa shape index (κ2) is 468. The molecule has 0 N–H and O–H groups in total. The van der Waals surface area contributed by atoms with Crippen LogP contribution in [-0.4, -0.2) is 0 Å². The van der Waals surface area contributed by atoms with Crippen LogP contribution < -0.4 is 0 Å². The molecule has 0 nitrogen and oxygen atoms in total. The third-order valence-electron chi connectivity index (χ3n) is 0. The van der Waals surface area contributed by atoms with Crippen LogP contribution in [-0.2, 0) is 0 Å². The Labute approximate surface area is 29.5 Å². The van der Waals surface area contributed by atoms with Gasteiger partial charge in [0.1, 0.15) is 0 Å². The first-order valence-electron chi connectivity index (χ1n) is 0. The maximum absolute atomic E-state index is 0. The molecule has 0 saturated heterocycles. The summed E-state index contributed by atoms with van der Waals surface area (Å²) in [6.07, 6.45) is 0. The van der Waals surface area contributed by atoms with E-state index in [1.165, 1.54) is 0 Å². The Bertz CT molecular complexity index is 3.25. The molecule has 0 rings (SSSR count). The Morgan fingerprint density at radius 2 is 0.500 bits per heavy atom. The average molecular weight is 303 g/mol. The maximum Gasteiger partial charge on any atom is 0 e. The van der Waals surface area contributed by atoms with E-state index in [2.05, 4.69) is 0 Å². The summed E-state index contributed by atoms with van der Waals surface area (Å²) in [5, 5.41) is 0. The van der Waals surface area contributed by atoms with Crippen molar-refractivity contribution in [3.8, 4) is 0 Å². The molecule has 0 atom stereocenters. The minimum atomic E-state index is 0. The minimum Gasteiger partial charge on any atom is -0.269 e. The van der Waals surface area contributed by atoms with Gasteiger partial charge in [-0.05, 0) is 0 Å². The minimum absolute atomic E-state index is 0. The van der Waals surface area contributed by atoms with Crippen molar-refractivity contribution in [2.75, 3.05) is 0 Å². The summed E-state index contributed by atoms with van der Waals surface area (Å²) in [6, 6.07) is 0. The molecule has 0 aliphatic heterocycles. The SMILES string of the molecule is F.F.F.[Am]. The first-order valence-corrected chi connectivity index (χ1v) is 0. The predicted molar refractivity (Wildman–Crippen MR) is 7.51 cm³/mol. The third kappa shape index (κ3) is 94.0. The topological polar surface area (TPSA) is 0 Å². The zero-order chi connectivity index (χ0) is 0. The smallest absolute Gasteiger partial charge is 0 e. The van der Waals surface area contributed by atoms with Gasteiger partial charge >= 0.3 is 0 Å². The van der Waals surface area contributed by atoms with Gasteiger partial charge in [0, 0.05) is 14.3 Å². The summed E-state index contributed by atoms with van der Waals surface area (Å²) < 4.78 is 0. The van der Waals surface area contributed by atoms with Gasteiger partial charge in [-0.25, -0.2) is 0 Å². The molecule has 0 amide bonds. The Hall–Kier alpha value is 0.180. The summed E-state index contributed by atoms with van der Waals surface area (Å²) >= 11 is 0. The number of hydrogen-bond donors (Lipinski definition) is 0. The molecule has 0 aromatic carbocycles. The molecule has 0 aromatic rings. The van der Waals surface area contributed by atoms with Gasteiger partial charge in [0.05, 0.1) is 0 Å². The van der Waals surface area contributed by atoms with E-state index in [9.17, 15) is 0 Å². The summed E-state index contributed by atoms with van der Waals surface area (Å²) in [7, 11) is 0. The van der Waals surface area contributed by atoms with E-state index in [4.69, 9.17) is 0 Å². The monoisotopic (exact) mass is 301 g/mol. The van der Waals surface area contributed by atoms with Crippen molar-refractivity contribution in [2.24, 2.45) is 0 Å². The number of halogens is 3. The molecular formula is H3AmF3. The molecule has 0 unspecified atom stereocenters. The quantitative estimate of drug-likeness (QED) is 0.610. The van der Waals surface area contributed by atoms with Gasteiger partial charge in [-0.15, -0.1) is 0 Å². The molecule has 4 heavy (non-hydrogen) atoms. The third-order valence-corrected chi connectivity index (χ3v) is 0. The molecule has 0 spiro atoms. The summed E-state index contributed by atoms with van der Waals surface area (Å²) in [6.45, 7) is 0. The van der Waals surface area contributed by atoms with E-state index in [1.807, 2.05) is 0 Å².